The van der Waals surface area contributed by atoms with E-state index in [9.17, 15) is 0 Å². The lowest BCUT2D eigenvalue weighted by atomic mass is 10.0. The highest BCUT2D eigenvalue weighted by Crippen LogP contribution is 2.43. The van der Waals surface area contributed by atoms with Crippen LogP contribution in [0, 0.1) is 0 Å². The van der Waals surface area contributed by atoms with Crippen LogP contribution in [0.15, 0.2) is 71.2 Å². The van der Waals surface area contributed by atoms with Gasteiger partial charge in [0.15, 0.2) is 0 Å². The maximum atomic E-state index is 3.55. The number of anilines is 4. The molecule has 2 N–H and O–H groups in total. The van der Waals surface area contributed by atoms with Gasteiger partial charge in [-0.3, -0.25) is 0 Å². The molecule has 3 aromatic carbocycles. The third-order valence-electron chi connectivity index (χ3n) is 3.68. The molecule has 0 aliphatic carbocycles. The molecule has 21 heavy (non-hydrogen) atoms. The summed E-state index contributed by atoms with van der Waals surface area (Å²) in [5.41, 5.74) is 6.84. The monoisotopic (exact) mass is 336 g/mol. The van der Waals surface area contributed by atoms with Gasteiger partial charge in [0.25, 0.3) is 0 Å². The Kier molecular flexibility index (Phi) is 2.93. The molecule has 0 atom stereocenters. The number of hydrogen-bond acceptors (Lipinski definition) is 2. The van der Waals surface area contributed by atoms with Crippen molar-refractivity contribution in [2.24, 2.45) is 0 Å². The molecule has 0 fully saturated rings. The van der Waals surface area contributed by atoms with Crippen molar-refractivity contribution in [3.8, 4) is 11.1 Å². The lowest BCUT2D eigenvalue weighted by molar-refractivity contribution is 1.44. The van der Waals surface area contributed by atoms with Crippen molar-refractivity contribution in [3.63, 3.8) is 0 Å². The molecule has 1 aliphatic heterocycles. The highest BCUT2D eigenvalue weighted by Gasteiger charge is 2.17. The van der Waals surface area contributed by atoms with Crippen molar-refractivity contribution in [1.29, 1.82) is 0 Å². The normalized spacial score (nSPS) is 11.9. The molecule has 0 bridgehead atoms. The first-order valence-corrected chi connectivity index (χ1v) is 7.62. The van der Waals surface area contributed by atoms with Crippen LogP contribution in [0.25, 0.3) is 11.1 Å². The Morgan fingerprint density at radius 1 is 0.619 bits per heavy atom. The number of fused-ring (bicyclic) bond motifs is 2. The molecule has 0 spiro atoms. The zero-order chi connectivity index (χ0) is 14.2. The molecule has 3 aromatic rings. The predicted octanol–water partition coefficient (Wildman–Crippen LogP) is 5.92. The second-order valence-electron chi connectivity index (χ2n) is 5.03. The van der Waals surface area contributed by atoms with Crippen molar-refractivity contribution in [2.45, 2.75) is 0 Å². The minimum atomic E-state index is 1.09. The van der Waals surface area contributed by atoms with Gasteiger partial charge in [-0.15, -0.1) is 0 Å². The van der Waals surface area contributed by atoms with E-state index < -0.39 is 0 Å². The van der Waals surface area contributed by atoms with Gasteiger partial charge in [0.1, 0.15) is 0 Å². The zero-order valence-corrected chi connectivity index (χ0v) is 12.8. The fourth-order valence-electron chi connectivity index (χ4n) is 2.64. The minimum Gasteiger partial charge on any atom is -0.352 e. The molecule has 0 saturated carbocycles. The van der Waals surface area contributed by atoms with Gasteiger partial charge < -0.3 is 10.6 Å². The topological polar surface area (TPSA) is 24.1 Å². The lowest BCUT2D eigenvalue weighted by Gasteiger charge is -2.25. The second kappa shape index (κ2) is 4.93. The van der Waals surface area contributed by atoms with E-state index in [4.69, 9.17) is 0 Å². The van der Waals surface area contributed by atoms with Gasteiger partial charge in [0.05, 0.1) is 22.7 Å². The SMILES string of the molecule is Brc1ccc(-c2cccc3c2Nc2ccccc2N3)cc1. The molecule has 4 rings (SSSR count). The molecule has 0 aromatic heterocycles. The fraction of sp³-hybridized carbons (Fsp3) is 0. The first-order valence-electron chi connectivity index (χ1n) is 6.83. The summed E-state index contributed by atoms with van der Waals surface area (Å²) in [7, 11) is 0. The summed E-state index contributed by atoms with van der Waals surface area (Å²) < 4.78 is 1.09. The average Bonchev–Trinajstić information content (AvgIpc) is 2.53. The third kappa shape index (κ3) is 2.20. The van der Waals surface area contributed by atoms with Gasteiger partial charge in [-0.2, -0.15) is 0 Å². The summed E-state index contributed by atoms with van der Waals surface area (Å²) in [6.45, 7) is 0. The molecule has 0 unspecified atom stereocenters. The van der Waals surface area contributed by atoms with Crippen LogP contribution >= 0.6 is 15.9 Å². The molecule has 2 nitrogen and oxygen atoms in total. The van der Waals surface area contributed by atoms with E-state index in [0.29, 0.717) is 0 Å². The smallest absolute Gasteiger partial charge is 0.0703 e. The summed E-state index contributed by atoms with van der Waals surface area (Å²) in [6, 6.07) is 23.0. The standard InChI is InChI=1S/C18H13BrN2/c19-13-10-8-12(9-11-13)14-4-3-7-17-18(14)21-16-6-2-1-5-15(16)20-17/h1-11,20-21H. The molecule has 3 heteroatoms. The van der Waals surface area contributed by atoms with E-state index >= 15 is 0 Å². The Hall–Kier alpha value is -2.26. The number of halogens is 1. The second-order valence-corrected chi connectivity index (χ2v) is 5.95. The minimum absolute atomic E-state index is 1.09. The van der Waals surface area contributed by atoms with E-state index in [1.54, 1.807) is 0 Å². The van der Waals surface area contributed by atoms with E-state index in [0.717, 1.165) is 27.2 Å². The zero-order valence-electron chi connectivity index (χ0n) is 11.2. The van der Waals surface area contributed by atoms with Crippen molar-refractivity contribution < 1.29 is 0 Å². The van der Waals surface area contributed by atoms with Crippen molar-refractivity contribution in [2.75, 3.05) is 10.6 Å². The van der Waals surface area contributed by atoms with E-state index in [1.807, 2.05) is 12.1 Å². The number of hydrogen-bond donors (Lipinski definition) is 2. The van der Waals surface area contributed by atoms with Crippen molar-refractivity contribution in [1.82, 2.24) is 0 Å². The maximum absolute atomic E-state index is 3.55. The fourth-order valence-corrected chi connectivity index (χ4v) is 2.91. The molecule has 1 aliphatic rings. The quantitative estimate of drug-likeness (QED) is 0.451. The van der Waals surface area contributed by atoms with Gasteiger partial charge in [0, 0.05) is 10.0 Å². The summed E-state index contributed by atoms with van der Waals surface area (Å²) in [5, 5.41) is 7.04. The average molecular weight is 337 g/mol. The van der Waals surface area contributed by atoms with Gasteiger partial charge >= 0.3 is 0 Å². The van der Waals surface area contributed by atoms with E-state index in [1.165, 1.54) is 11.1 Å². The van der Waals surface area contributed by atoms with Gasteiger partial charge in [-0.25, -0.2) is 0 Å². The highest BCUT2D eigenvalue weighted by atomic mass is 79.9. The maximum Gasteiger partial charge on any atom is 0.0703 e. The summed E-state index contributed by atoms with van der Waals surface area (Å²) in [5.74, 6) is 0. The molecule has 0 radical (unpaired) electrons. The van der Waals surface area contributed by atoms with Crippen LogP contribution < -0.4 is 10.6 Å². The Morgan fingerprint density at radius 3 is 2.05 bits per heavy atom. The van der Waals surface area contributed by atoms with Crippen LogP contribution in [-0.4, -0.2) is 0 Å². The van der Waals surface area contributed by atoms with Crippen molar-refractivity contribution in [3.05, 3.63) is 71.2 Å². The van der Waals surface area contributed by atoms with Crippen LogP contribution in [0.4, 0.5) is 22.7 Å². The summed E-state index contributed by atoms with van der Waals surface area (Å²) >= 11 is 3.49. The van der Waals surface area contributed by atoms with Crippen LogP contribution in [0.2, 0.25) is 0 Å². The Labute approximate surface area is 132 Å². The molecular weight excluding hydrogens is 324 g/mol. The molecular formula is C18H13BrN2. The van der Waals surface area contributed by atoms with Crippen LogP contribution in [-0.2, 0) is 0 Å². The van der Waals surface area contributed by atoms with Crippen molar-refractivity contribution >= 4 is 38.7 Å². The molecule has 102 valence electrons. The van der Waals surface area contributed by atoms with Crippen LogP contribution in [0.1, 0.15) is 0 Å². The Morgan fingerprint density at radius 2 is 1.29 bits per heavy atom. The summed E-state index contributed by atoms with van der Waals surface area (Å²) in [6.07, 6.45) is 0. The molecule has 0 saturated heterocycles. The lowest BCUT2D eigenvalue weighted by Crippen LogP contribution is -2.07. The van der Waals surface area contributed by atoms with Gasteiger partial charge in [-0.05, 0) is 35.9 Å². The molecule has 1 heterocycles. The van der Waals surface area contributed by atoms with E-state index in [2.05, 4.69) is 81.2 Å². The molecule has 0 amide bonds. The summed E-state index contributed by atoms with van der Waals surface area (Å²) in [4.78, 5) is 0. The van der Waals surface area contributed by atoms with Crippen LogP contribution in [0.5, 0.6) is 0 Å². The number of para-hydroxylation sites is 3. The Balaban J connectivity index is 1.84. The Bertz CT molecular complexity index is 810. The van der Waals surface area contributed by atoms with Crippen LogP contribution in [0.3, 0.4) is 0 Å². The number of rotatable bonds is 1. The van der Waals surface area contributed by atoms with Gasteiger partial charge in [0.2, 0.25) is 0 Å². The third-order valence-corrected chi connectivity index (χ3v) is 4.20. The largest absolute Gasteiger partial charge is 0.352 e. The first-order chi connectivity index (χ1) is 10.3. The van der Waals surface area contributed by atoms with Gasteiger partial charge in [-0.1, -0.05) is 52.3 Å². The first kappa shape index (κ1) is 12.5. The highest BCUT2D eigenvalue weighted by molar-refractivity contribution is 9.10. The number of nitrogens with one attached hydrogen (secondary N) is 2. The van der Waals surface area contributed by atoms with E-state index in [-0.39, 0.29) is 0 Å². The predicted molar refractivity (Wildman–Crippen MR) is 92.6 cm³/mol. The number of benzene rings is 3.